The minimum absolute atomic E-state index is 0.113. The van der Waals surface area contributed by atoms with E-state index in [0.29, 0.717) is 24.2 Å². The first kappa shape index (κ1) is 16.6. The third kappa shape index (κ3) is 4.85. The van der Waals surface area contributed by atoms with Gasteiger partial charge in [0.05, 0.1) is 4.90 Å². The summed E-state index contributed by atoms with van der Waals surface area (Å²) in [6, 6.07) is 4.97. The normalized spacial score (nSPS) is 13.5. The van der Waals surface area contributed by atoms with Crippen LogP contribution in [0.1, 0.15) is 12.5 Å². The Morgan fingerprint density at radius 1 is 1.47 bits per heavy atom. The van der Waals surface area contributed by atoms with Crippen LogP contribution in [0.15, 0.2) is 27.6 Å². The lowest BCUT2D eigenvalue weighted by Gasteiger charge is -2.13. The predicted molar refractivity (Wildman–Crippen MR) is 78.3 cm³/mol. The van der Waals surface area contributed by atoms with Crippen LogP contribution in [0.25, 0.3) is 0 Å². The first-order chi connectivity index (χ1) is 8.90. The van der Waals surface area contributed by atoms with E-state index in [4.69, 9.17) is 10.5 Å². The van der Waals surface area contributed by atoms with Crippen molar-refractivity contribution in [1.29, 1.82) is 0 Å². The zero-order valence-corrected chi connectivity index (χ0v) is 13.4. The summed E-state index contributed by atoms with van der Waals surface area (Å²) < 4.78 is 32.4. The molecule has 0 fully saturated rings. The van der Waals surface area contributed by atoms with Crippen LogP contribution in [-0.2, 0) is 21.3 Å². The first-order valence-corrected chi connectivity index (χ1v) is 8.15. The molecular weight excluding hydrogens is 332 g/mol. The van der Waals surface area contributed by atoms with Gasteiger partial charge in [0.25, 0.3) is 0 Å². The molecular formula is C12H19BrN2O3S. The molecule has 0 amide bonds. The van der Waals surface area contributed by atoms with Gasteiger partial charge in [0.15, 0.2) is 0 Å². The van der Waals surface area contributed by atoms with Gasteiger partial charge in [0.2, 0.25) is 10.0 Å². The second kappa shape index (κ2) is 7.35. The van der Waals surface area contributed by atoms with E-state index in [1.54, 1.807) is 25.3 Å². The van der Waals surface area contributed by atoms with Crippen LogP contribution in [0.4, 0.5) is 0 Å². The minimum Gasteiger partial charge on any atom is -0.384 e. The molecule has 0 radical (unpaired) electrons. The maximum atomic E-state index is 12.1. The first-order valence-electron chi connectivity index (χ1n) is 5.87. The maximum Gasteiger partial charge on any atom is 0.241 e. The summed E-state index contributed by atoms with van der Waals surface area (Å²) in [7, 11) is -1.93. The fourth-order valence-electron chi connectivity index (χ4n) is 1.56. The Morgan fingerprint density at radius 3 is 2.68 bits per heavy atom. The second-order valence-electron chi connectivity index (χ2n) is 4.38. The molecule has 108 valence electrons. The predicted octanol–water partition coefficient (Wildman–Crippen LogP) is 1.47. The SMILES string of the molecule is COCC(C)CNS(=O)(=O)c1ccc(CN)cc1Br. The average molecular weight is 351 g/mol. The number of hydrogen-bond donors (Lipinski definition) is 2. The zero-order valence-electron chi connectivity index (χ0n) is 11.0. The van der Waals surface area contributed by atoms with E-state index in [9.17, 15) is 8.42 Å². The van der Waals surface area contributed by atoms with Crippen molar-refractivity contribution in [3.05, 3.63) is 28.2 Å². The molecule has 0 aromatic heterocycles. The summed E-state index contributed by atoms with van der Waals surface area (Å²) in [5, 5.41) is 0. The van der Waals surface area contributed by atoms with Gasteiger partial charge in [0, 0.05) is 31.3 Å². The summed E-state index contributed by atoms with van der Waals surface area (Å²) in [6.45, 7) is 3.13. The zero-order chi connectivity index (χ0) is 14.5. The number of benzene rings is 1. The number of methoxy groups -OCH3 is 1. The summed E-state index contributed by atoms with van der Waals surface area (Å²) in [5.74, 6) is 0.113. The Morgan fingerprint density at radius 2 is 2.16 bits per heavy atom. The molecule has 5 nitrogen and oxygen atoms in total. The lowest BCUT2D eigenvalue weighted by Crippen LogP contribution is -2.30. The molecule has 0 heterocycles. The number of ether oxygens (including phenoxy) is 1. The molecule has 19 heavy (non-hydrogen) atoms. The van der Waals surface area contributed by atoms with Crippen molar-refractivity contribution in [1.82, 2.24) is 4.72 Å². The number of nitrogens with one attached hydrogen (secondary N) is 1. The van der Waals surface area contributed by atoms with Crippen molar-refractivity contribution >= 4 is 26.0 Å². The van der Waals surface area contributed by atoms with E-state index >= 15 is 0 Å². The third-order valence-corrected chi connectivity index (χ3v) is 4.99. The number of rotatable bonds is 7. The molecule has 0 aliphatic carbocycles. The van der Waals surface area contributed by atoms with Crippen molar-refractivity contribution in [3.63, 3.8) is 0 Å². The highest BCUT2D eigenvalue weighted by Crippen LogP contribution is 2.23. The van der Waals surface area contributed by atoms with Gasteiger partial charge in [0.1, 0.15) is 0 Å². The Kier molecular flexibility index (Phi) is 6.41. The molecule has 0 bridgehead atoms. The van der Waals surface area contributed by atoms with E-state index < -0.39 is 10.0 Å². The summed E-state index contributed by atoms with van der Waals surface area (Å²) >= 11 is 3.26. The van der Waals surface area contributed by atoms with Crippen LogP contribution in [0.2, 0.25) is 0 Å². The third-order valence-electron chi connectivity index (χ3n) is 2.59. The van der Waals surface area contributed by atoms with Gasteiger partial charge in [-0.05, 0) is 39.5 Å². The van der Waals surface area contributed by atoms with Gasteiger partial charge in [-0.1, -0.05) is 13.0 Å². The van der Waals surface area contributed by atoms with Crippen LogP contribution >= 0.6 is 15.9 Å². The average Bonchev–Trinajstić information content (AvgIpc) is 2.36. The van der Waals surface area contributed by atoms with Crippen molar-refractivity contribution in [2.45, 2.75) is 18.4 Å². The van der Waals surface area contributed by atoms with E-state index in [-0.39, 0.29) is 10.8 Å². The molecule has 0 aliphatic heterocycles. The van der Waals surface area contributed by atoms with Crippen molar-refractivity contribution in [3.8, 4) is 0 Å². The van der Waals surface area contributed by atoms with E-state index in [1.165, 1.54) is 0 Å². The fourth-order valence-corrected chi connectivity index (χ4v) is 3.85. The second-order valence-corrected chi connectivity index (χ2v) is 6.97. The van der Waals surface area contributed by atoms with Crippen LogP contribution < -0.4 is 10.5 Å². The van der Waals surface area contributed by atoms with E-state index in [2.05, 4.69) is 20.7 Å². The summed E-state index contributed by atoms with van der Waals surface area (Å²) in [6.07, 6.45) is 0. The Labute approximate surface area is 122 Å². The van der Waals surface area contributed by atoms with E-state index in [1.807, 2.05) is 6.92 Å². The Balaban J connectivity index is 2.83. The molecule has 1 atom stereocenters. The molecule has 7 heteroatoms. The molecule has 3 N–H and O–H groups in total. The Bertz CT molecular complexity index is 520. The highest BCUT2D eigenvalue weighted by Gasteiger charge is 2.18. The molecule has 1 unspecified atom stereocenters. The van der Waals surface area contributed by atoms with Gasteiger partial charge in [-0.2, -0.15) is 0 Å². The minimum atomic E-state index is -3.52. The lowest BCUT2D eigenvalue weighted by atomic mass is 10.2. The largest absolute Gasteiger partial charge is 0.384 e. The number of sulfonamides is 1. The van der Waals surface area contributed by atoms with Crippen molar-refractivity contribution < 1.29 is 13.2 Å². The molecule has 1 rings (SSSR count). The summed E-state index contributed by atoms with van der Waals surface area (Å²) in [4.78, 5) is 0.217. The van der Waals surface area contributed by atoms with Gasteiger partial charge in [-0.3, -0.25) is 0 Å². The van der Waals surface area contributed by atoms with Crippen LogP contribution in [0.5, 0.6) is 0 Å². The van der Waals surface area contributed by atoms with Crippen molar-refractivity contribution in [2.24, 2.45) is 11.7 Å². The number of hydrogen-bond acceptors (Lipinski definition) is 4. The molecule has 1 aromatic rings. The molecule has 0 saturated heterocycles. The molecule has 0 saturated carbocycles. The smallest absolute Gasteiger partial charge is 0.241 e. The quantitative estimate of drug-likeness (QED) is 0.780. The molecule has 0 aliphatic rings. The molecule has 0 spiro atoms. The standard InChI is InChI=1S/C12H19BrN2O3S/c1-9(8-18-2)7-15-19(16,17)12-4-3-10(6-14)5-11(12)13/h3-5,9,15H,6-8,14H2,1-2H3. The van der Waals surface area contributed by atoms with Crippen LogP contribution in [0.3, 0.4) is 0 Å². The lowest BCUT2D eigenvalue weighted by molar-refractivity contribution is 0.161. The number of nitrogens with two attached hydrogens (primary N) is 1. The van der Waals surface area contributed by atoms with Gasteiger partial charge in [-0.25, -0.2) is 13.1 Å². The van der Waals surface area contributed by atoms with Crippen LogP contribution in [-0.4, -0.2) is 28.7 Å². The Hall–Kier alpha value is -0.470. The fraction of sp³-hybridized carbons (Fsp3) is 0.500. The van der Waals surface area contributed by atoms with Crippen molar-refractivity contribution in [2.75, 3.05) is 20.3 Å². The van der Waals surface area contributed by atoms with Gasteiger partial charge < -0.3 is 10.5 Å². The van der Waals surface area contributed by atoms with Crippen LogP contribution in [0, 0.1) is 5.92 Å². The molecule has 1 aromatic carbocycles. The van der Waals surface area contributed by atoms with E-state index in [0.717, 1.165) is 5.56 Å². The van der Waals surface area contributed by atoms with Gasteiger partial charge >= 0.3 is 0 Å². The summed E-state index contributed by atoms with van der Waals surface area (Å²) in [5.41, 5.74) is 6.38. The monoisotopic (exact) mass is 350 g/mol. The highest BCUT2D eigenvalue weighted by molar-refractivity contribution is 9.10. The number of halogens is 1. The highest BCUT2D eigenvalue weighted by atomic mass is 79.9. The topological polar surface area (TPSA) is 81.4 Å². The maximum absolute atomic E-state index is 12.1. The van der Waals surface area contributed by atoms with Gasteiger partial charge in [-0.15, -0.1) is 0 Å².